The molecule has 0 aliphatic carbocycles. The first kappa shape index (κ1) is 17.7. The van der Waals surface area contributed by atoms with Gasteiger partial charge in [-0.15, -0.1) is 0 Å². The molecule has 3 nitrogen and oxygen atoms in total. The summed E-state index contributed by atoms with van der Waals surface area (Å²) >= 11 is 11.7. The van der Waals surface area contributed by atoms with E-state index in [1.165, 1.54) is 24.3 Å². The summed E-state index contributed by atoms with van der Waals surface area (Å²) in [7, 11) is -3.76. The van der Waals surface area contributed by atoms with Gasteiger partial charge in [0.1, 0.15) is 0 Å². The Balaban J connectivity index is 2.06. The Morgan fingerprint density at radius 1 is 0.840 bits per heavy atom. The Kier molecular flexibility index (Phi) is 4.99. The van der Waals surface area contributed by atoms with E-state index < -0.39 is 15.8 Å². The summed E-state index contributed by atoms with van der Waals surface area (Å²) in [5, 5.41) is -0.272. The molecule has 0 fully saturated rings. The summed E-state index contributed by atoms with van der Waals surface area (Å²) in [6.07, 6.45) is 0. The van der Waals surface area contributed by atoms with Crippen LogP contribution in [0.3, 0.4) is 0 Å². The predicted octanol–water partition coefficient (Wildman–Crippen LogP) is 5.60. The molecule has 0 heterocycles. The maximum atomic E-state index is 13.6. The molecule has 0 radical (unpaired) electrons. The fraction of sp³-hybridized carbons (Fsp3) is 0. The third-order valence-electron chi connectivity index (χ3n) is 3.52. The third-order valence-corrected chi connectivity index (χ3v) is 5.45. The molecule has 7 heteroatoms. The minimum absolute atomic E-state index is 0.136. The fourth-order valence-corrected chi connectivity index (χ4v) is 3.93. The monoisotopic (exact) mass is 395 g/mol. The van der Waals surface area contributed by atoms with Gasteiger partial charge in [0.2, 0.25) is 0 Å². The van der Waals surface area contributed by atoms with E-state index in [0.29, 0.717) is 16.8 Å². The number of hydrogen-bond donors (Lipinski definition) is 1. The Labute approximate surface area is 155 Å². The lowest BCUT2D eigenvalue weighted by Gasteiger charge is -2.13. The van der Waals surface area contributed by atoms with Crippen molar-refractivity contribution in [1.82, 2.24) is 0 Å². The molecule has 0 saturated carbocycles. The molecule has 0 saturated heterocycles. The molecule has 0 amide bonds. The second-order valence-corrected chi connectivity index (χ2v) is 7.71. The molecule has 3 rings (SSSR count). The summed E-state index contributed by atoms with van der Waals surface area (Å²) in [6, 6.07) is 17.5. The first-order valence-corrected chi connectivity index (χ1v) is 9.44. The normalized spacial score (nSPS) is 11.3. The first-order chi connectivity index (χ1) is 11.9. The average Bonchev–Trinajstić information content (AvgIpc) is 2.60. The number of anilines is 1. The van der Waals surface area contributed by atoms with E-state index in [1.807, 2.05) is 0 Å². The van der Waals surface area contributed by atoms with Gasteiger partial charge in [-0.2, -0.15) is 0 Å². The Bertz CT molecular complexity index is 1000. The lowest BCUT2D eigenvalue weighted by atomic mass is 10.0. The van der Waals surface area contributed by atoms with Crippen molar-refractivity contribution >= 4 is 38.9 Å². The quantitative estimate of drug-likeness (QED) is 0.584. The number of rotatable bonds is 4. The molecule has 128 valence electrons. The maximum absolute atomic E-state index is 13.6. The van der Waals surface area contributed by atoms with Gasteiger partial charge in [0.15, 0.2) is 5.82 Å². The van der Waals surface area contributed by atoms with Gasteiger partial charge in [0, 0.05) is 5.56 Å². The number of halogens is 3. The molecule has 0 aliphatic rings. The molecule has 3 aromatic carbocycles. The molecule has 1 N–H and O–H groups in total. The molecule has 0 unspecified atom stereocenters. The van der Waals surface area contributed by atoms with Crippen molar-refractivity contribution in [3.8, 4) is 11.1 Å². The van der Waals surface area contributed by atoms with Gasteiger partial charge in [-0.25, -0.2) is 12.8 Å². The highest BCUT2D eigenvalue weighted by Gasteiger charge is 2.17. The van der Waals surface area contributed by atoms with Crippen molar-refractivity contribution in [1.29, 1.82) is 0 Å². The van der Waals surface area contributed by atoms with Crippen LogP contribution >= 0.6 is 23.2 Å². The van der Waals surface area contributed by atoms with Gasteiger partial charge in [0.05, 0.1) is 20.6 Å². The fourth-order valence-electron chi connectivity index (χ4n) is 2.34. The largest absolute Gasteiger partial charge is 0.279 e. The van der Waals surface area contributed by atoms with Gasteiger partial charge in [-0.3, -0.25) is 4.72 Å². The molecule has 0 aromatic heterocycles. The number of nitrogens with one attached hydrogen (secondary N) is 1. The number of hydrogen-bond acceptors (Lipinski definition) is 2. The van der Waals surface area contributed by atoms with Crippen molar-refractivity contribution < 1.29 is 12.8 Å². The molecular weight excluding hydrogens is 384 g/mol. The standard InChI is InChI=1S/C18H12Cl2FNO2S/c19-15-10-12(11-16(20)18(15)21)14-8-4-5-9-17(14)22-25(23,24)13-6-2-1-3-7-13/h1-11,22H. The molecule has 0 atom stereocenters. The lowest BCUT2D eigenvalue weighted by Crippen LogP contribution is -2.13. The van der Waals surface area contributed by atoms with Gasteiger partial charge in [-0.1, -0.05) is 59.6 Å². The Morgan fingerprint density at radius 3 is 2.04 bits per heavy atom. The SMILES string of the molecule is O=S(=O)(Nc1ccccc1-c1cc(Cl)c(F)c(Cl)c1)c1ccccc1. The van der Waals surface area contributed by atoms with E-state index in [9.17, 15) is 12.8 Å². The van der Waals surface area contributed by atoms with E-state index in [2.05, 4.69) is 4.72 Å². The molecule has 25 heavy (non-hydrogen) atoms. The van der Waals surface area contributed by atoms with Crippen LogP contribution in [0.4, 0.5) is 10.1 Å². The minimum Gasteiger partial charge on any atom is -0.279 e. The predicted molar refractivity (Wildman–Crippen MR) is 99.1 cm³/mol. The molecule has 3 aromatic rings. The number of sulfonamides is 1. The topological polar surface area (TPSA) is 46.2 Å². The van der Waals surface area contributed by atoms with Crippen LogP contribution in [-0.2, 0) is 10.0 Å². The zero-order valence-corrected chi connectivity index (χ0v) is 15.0. The van der Waals surface area contributed by atoms with Crippen LogP contribution in [0.25, 0.3) is 11.1 Å². The molecular formula is C18H12Cl2FNO2S. The van der Waals surface area contributed by atoms with Crippen molar-refractivity contribution in [2.75, 3.05) is 4.72 Å². The Hall–Kier alpha value is -2.08. The number of benzene rings is 3. The summed E-state index contributed by atoms with van der Waals surface area (Å²) < 4.78 is 41.3. The third kappa shape index (κ3) is 3.79. The summed E-state index contributed by atoms with van der Waals surface area (Å²) in [6.45, 7) is 0. The summed E-state index contributed by atoms with van der Waals surface area (Å²) in [5.74, 6) is -0.713. The summed E-state index contributed by atoms with van der Waals surface area (Å²) in [5.41, 5.74) is 1.37. The highest BCUT2D eigenvalue weighted by Crippen LogP contribution is 2.35. The highest BCUT2D eigenvalue weighted by molar-refractivity contribution is 7.92. The molecule has 0 aliphatic heterocycles. The Morgan fingerprint density at radius 2 is 1.40 bits per heavy atom. The van der Waals surface area contributed by atoms with Crippen molar-refractivity contribution in [3.63, 3.8) is 0 Å². The minimum atomic E-state index is -3.76. The van der Waals surface area contributed by atoms with E-state index >= 15 is 0 Å². The molecule has 0 bridgehead atoms. The number of para-hydroxylation sites is 1. The second-order valence-electron chi connectivity index (χ2n) is 5.22. The highest BCUT2D eigenvalue weighted by atomic mass is 35.5. The van der Waals surface area contributed by atoms with Crippen LogP contribution in [0.5, 0.6) is 0 Å². The van der Waals surface area contributed by atoms with Gasteiger partial charge >= 0.3 is 0 Å². The van der Waals surface area contributed by atoms with Gasteiger partial charge in [0.25, 0.3) is 10.0 Å². The second kappa shape index (κ2) is 7.04. The van der Waals surface area contributed by atoms with E-state index in [-0.39, 0.29) is 14.9 Å². The van der Waals surface area contributed by atoms with Crippen LogP contribution in [0.2, 0.25) is 10.0 Å². The zero-order valence-electron chi connectivity index (χ0n) is 12.7. The van der Waals surface area contributed by atoms with Crippen molar-refractivity contribution in [2.45, 2.75) is 4.90 Å². The lowest BCUT2D eigenvalue weighted by molar-refractivity contribution is 0.601. The first-order valence-electron chi connectivity index (χ1n) is 7.20. The van der Waals surface area contributed by atoms with Gasteiger partial charge in [-0.05, 0) is 35.9 Å². The van der Waals surface area contributed by atoms with Gasteiger partial charge < -0.3 is 0 Å². The van der Waals surface area contributed by atoms with Crippen LogP contribution in [0.15, 0.2) is 71.6 Å². The maximum Gasteiger partial charge on any atom is 0.261 e. The van der Waals surface area contributed by atoms with E-state index in [4.69, 9.17) is 23.2 Å². The van der Waals surface area contributed by atoms with Crippen molar-refractivity contribution in [3.05, 3.63) is 82.6 Å². The van der Waals surface area contributed by atoms with Crippen LogP contribution in [0.1, 0.15) is 0 Å². The van der Waals surface area contributed by atoms with Crippen molar-refractivity contribution in [2.24, 2.45) is 0 Å². The van der Waals surface area contributed by atoms with Crippen LogP contribution < -0.4 is 4.72 Å². The van der Waals surface area contributed by atoms with Crippen LogP contribution in [-0.4, -0.2) is 8.42 Å². The molecule has 0 spiro atoms. The van der Waals surface area contributed by atoms with Crippen LogP contribution in [0, 0.1) is 5.82 Å². The smallest absolute Gasteiger partial charge is 0.261 e. The summed E-state index contributed by atoms with van der Waals surface area (Å²) in [4.78, 5) is 0.139. The van der Waals surface area contributed by atoms with E-state index in [0.717, 1.165) is 0 Å². The zero-order chi connectivity index (χ0) is 18.0. The average molecular weight is 396 g/mol. The van der Waals surface area contributed by atoms with E-state index in [1.54, 1.807) is 42.5 Å².